The van der Waals surface area contributed by atoms with Crippen LogP contribution in [0.3, 0.4) is 0 Å². The summed E-state index contributed by atoms with van der Waals surface area (Å²) in [6, 6.07) is 0. The van der Waals surface area contributed by atoms with E-state index in [1.54, 1.807) is 0 Å². The van der Waals surface area contributed by atoms with Gasteiger partial charge in [-0.3, -0.25) is 0 Å². The minimum atomic E-state index is 0.0204. The van der Waals surface area contributed by atoms with Crippen LogP contribution in [0.5, 0.6) is 0 Å². The maximum Gasteiger partial charge on any atom is 0.211 e. The number of hydrogen-bond donors (Lipinski definition) is 2. The molecule has 1 aliphatic rings. The summed E-state index contributed by atoms with van der Waals surface area (Å²) in [4.78, 5) is 2.17. The fraction of sp³-hybridized carbons (Fsp3) is 0.667. The van der Waals surface area contributed by atoms with Crippen molar-refractivity contribution in [3.05, 3.63) is 0 Å². The molecule has 1 heterocycles. The molecule has 0 atom stereocenters. The Morgan fingerprint density at radius 2 is 2.27 bits per heavy atom. The standard InChI is InChI=1S/C6H13N5/c1-11-3-2-5(4-11)9-10-6(7)8/h2-4H2,1H3,(H4,7,8,10)/b9-5-. The van der Waals surface area contributed by atoms with Crippen LogP contribution in [0.1, 0.15) is 6.42 Å². The number of guanidine groups is 1. The van der Waals surface area contributed by atoms with Crippen molar-refractivity contribution in [2.75, 3.05) is 20.1 Å². The van der Waals surface area contributed by atoms with E-state index in [2.05, 4.69) is 15.1 Å². The highest BCUT2D eigenvalue weighted by Crippen LogP contribution is 2.02. The Labute approximate surface area is 65.8 Å². The quantitative estimate of drug-likeness (QED) is 0.288. The average Bonchev–Trinajstić information content (AvgIpc) is 2.31. The largest absolute Gasteiger partial charge is 0.369 e. The van der Waals surface area contributed by atoms with E-state index in [0.717, 1.165) is 25.2 Å². The molecule has 1 fully saturated rings. The predicted molar refractivity (Wildman–Crippen MR) is 45.4 cm³/mol. The lowest BCUT2D eigenvalue weighted by Gasteiger charge is -2.01. The Kier molecular flexibility index (Phi) is 2.43. The van der Waals surface area contributed by atoms with Gasteiger partial charge in [-0.2, -0.15) is 5.10 Å². The molecule has 0 aromatic heterocycles. The predicted octanol–water partition coefficient (Wildman–Crippen LogP) is -1.05. The lowest BCUT2D eigenvalue weighted by Crippen LogP contribution is -2.22. The Bertz CT molecular complexity index is 191. The van der Waals surface area contributed by atoms with Crippen LogP contribution >= 0.6 is 0 Å². The molecule has 5 nitrogen and oxygen atoms in total. The summed E-state index contributed by atoms with van der Waals surface area (Å²) in [7, 11) is 2.04. The highest BCUT2D eigenvalue weighted by Gasteiger charge is 2.12. The highest BCUT2D eigenvalue weighted by atomic mass is 15.3. The average molecular weight is 155 g/mol. The van der Waals surface area contributed by atoms with Gasteiger partial charge in [-0.25, -0.2) is 0 Å². The molecule has 1 aliphatic heterocycles. The number of rotatable bonds is 1. The maximum absolute atomic E-state index is 5.11. The molecular formula is C6H13N5. The topological polar surface area (TPSA) is 80.0 Å². The molecule has 0 saturated carbocycles. The van der Waals surface area contributed by atoms with Gasteiger partial charge < -0.3 is 16.4 Å². The van der Waals surface area contributed by atoms with Crippen molar-refractivity contribution >= 4 is 11.7 Å². The van der Waals surface area contributed by atoms with E-state index >= 15 is 0 Å². The second-order valence-corrected chi connectivity index (χ2v) is 2.68. The molecule has 0 bridgehead atoms. The van der Waals surface area contributed by atoms with Crippen LogP contribution in [0, 0.1) is 0 Å². The zero-order valence-corrected chi connectivity index (χ0v) is 6.62. The molecule has 5 heteroatoms. The maximum atomic E-state index is 5.11. The van der Waals surface area contributed by atoms with E-state index in [4.69, 9.17) is 11.5 Å². The molecule has 11 heavy (non-hydrogen) atoms. The zero-order valence-electron chi connectivity index (χ0n) is 6.62. The molecule has 0 aromatic rings. The van der Waals surface area contributed by atoms with Gasteiger partial charge in [-0.1, -0.05) is 0 Å². The number of hydrogen-bond acceptors (Lipinski definition) is 3. The number of nitrogens with zero attached hydrogens (tertiary/aromatic N) is 3. The molecule has 0 aliphatic carbocycles. The summed E-state index contributed by atoms with van der Waals surface area (Å²) in [5.74, 6) is 0.0204. The first kappa shape index (κ1) is 8.00. The van der Waals surface area contributed by atoms with Crippen LogP contribution in [0.4, 0.5) is 0 Å². The van der Waals surface area contributed by atoms with Crippen LogP contribution in [0.25, 0.3) is 0 Å². The van der Waals surface area contributed by atoms with Crippen molar-refractivity contribution < 1.29 is 0 Å². The van der Waals surface area contributed by atoms with Gasteiger partial charge in [-0.05, 0) is 7.05 Å². The lowest BCUT2D eigenvalue weighted by molar-refractivity contribution is 0.428. The fourth-order valence-corrected chi connectivity index (χ4v) is 1.000. The van der Waals surface area contributed by atoms with E-state index in [9.17, 15) is 0 Å². The van der Waals surface area contributed by atoms with Gasteiger partial charge in [0.15, 0.2) is 0 Å². The smallest absolute Gasteiger partial charge is 0.211 e. The van der Waals surface area contributed by atoms with E-state index in [1.165, 1.54) is 0 Å². The Hall–Kier alpha value is -1.10. The minimum absolute atomic E-state index is 0.0204. The normalized spacial score (nSPS) is 22.5. The van der Waals surface area contributed by atoms with Crippen molar-refractivity contribution in [1.82, 2.24) is 4.90 Å². The van der Waals surface area contributed by atoms with Crippen LogP contribution < -0.4 is 11.5 Å². The van der Waals surface area contributed by atoms with E-state index in [0.29, 0.717) is 0 Å². The SMILES string of the molecule is CN1CC/C(=N/N=C(N)N)C1. The van der Waals surface area contributed by atoms with E-state index in [-0.39, 0.29) is 5.96 Å². The molecule has 4 N–H and O–H groups in total. The van der Waals surface area contributed by atoms with Crippen molar-refractivity contribution in [3.63, 3.8) is 0 Å². The third-order valence-corrected chi connectivity index (χ3v) is 1.54. The van der Waals surface area contributed by atoms with Crippen LogP contribution in [-0.2, 0) is 0 Å². The Morgan fingerprint density at radius 3 is 2.73 bits per heavy atom. The van der Waals surface area contributed by atoms with Crippen molar-refractivity contribution in [3.8, 4) is 0 Å². The van der Waals surface area contributed by atoms with Crippen molar-refractivity contribution in [1.29, 1.82) is 0 Å². The van der Waals surface area contributed by atoms with Crippen LogP contribution in [-0.4, -0.2) is 36.7 Å². The molecule has 1 rings (SSSR count). The van der Waals surface area contributed by atoms with Gasteiger partial charge in [0.1, 0.15) is 0 Å². The lowest BCUT2D eigenvalue weighted by atomic mass is 10.3. The zero-order chi connectivity index (χ0) is 8.27. The number of likely N-dealkylation sites (tertiary alicyclic amines) is 1. The summed E-state index contributed by atoms with van der Waals surface area (Å²) < 4.78 is 0. The van der Waals surface area contributed by atoms with Crippen molar-refractivity contribution in [2.24, 2.45) is 21.7 Å². The molecule has 0 unspecified atom stereocenters. The number of nitrogens with two attached hydrogens (primary N) is 2. The minimum Gasteiger partial charge on any atom is -0.369 e. The molecule has 0 radical (unpaired) electrons. The first-order valence-corrected chi connectivity index (χ1v) is 3.51. The Balaban J connectivity index is 2.49. The molecule has 0 spiro atoms. The second kappa shape index (κ2) is 3.34. The monoisotopic (exact) mass is 155 g/mol. The first-order chi connectivity index (χ1) is 5.18. The van der Waals surface area contributed by atoms with Gasteiger partial charge in [-0.15, -0.1) is 5.10 Å². The first-order valence-electron chi connectivity index (χ1n) is 3.51. The van der Waals surface area contributed by atoms with Gasteiger partial charge in [0, 0.05) is 19.5 Å². The van der Waals surface area contributed by atoms with Crippen LogP contribution in [0.15, 0.2) is 10.2 Å². The molecule has 1 saturated heterocycles. The summed E-state index contributed by atoms with van der Waals surface area (Å²) >= 11 is 0. The fourth-order valence-electron chi connectivity index (χ4n) is 1.000. The summed E-state index contributed by atoms with van der Waals surface area (Å²) in [6.45, 7) is 1.91. The van der Waals surface area contributed by atoms with Crippen LogP contribution in [0.2, 0.25) is 0 Å². The molecule has 0 aromatic carbocycles. The summed E-state index contributed by atoms with van der Waals surface area (Å²) in [6.07, 6.45) is 0.966. The second-order valence-electron chi connectivity index (χ2n) is 2.68. The van der Waals surface area contributed by atoms with Gasteiger partial charge in [0.25, 0.3) is 0 Å². The molecule has 0 amide bonds. The van der Waals surface area contributed by atoms with Crippen molar-refractivity contribution in [2.45, 2.75) is 6.42 Å². The molecule has 62 valence electrons. The summed E-state index contributed by atoms with van der Waals surface area (Å²) in [5.41, 5.74) is 11.3. The van der Waals surface area contributed by atoms with E-state index in [1.807, 2.05) is 7.05 Å². The molecular weight excluding hydrogens is 142 g/mol. The van der Waals surface area contributed by atoms with E-state index < -0.39 is 0 Å². The Morgan fingerprint density at radius 1 is 1.55 bits per heavy atom. The summed E-state index contributed by atoms with van der Waals surface area (Å²) in [5, 5.41) is 7.46. The highest BCUT2D eigenvalue weighted by molar-refractivity contribution is 5.89. The van der Waals surface area contributed by atoms with Gasteiger partial charge >= 0.3 is 0 Å². The van der Waals surface area contributed by atoms with Gasteiger partial charge in [0.05, 0.1) is 5.71 Å². The third-order valence-electron chi connectivity index (χ3n) is 1.54. The van der Waals surface area contributed by atoms with Gasteiger partial charge in [0.2, 0.25) is 5.96 Å². The third kappa shape index (κ3) is 2.55.